The van der Waals surface area contributed by atoms with Gasteiger partial charge in [-0.15, -0.1) is 0 Å². The summed E-state index contributed by atoms with van der Waals surface area (Å²) in [5.74, 6) is 0. The van der Waals surface area contributed by atoms with Crippen molar-refractivity contribution < 1.29 is 45.9 Å². The van der Waals surface area contributed by atoms with Gasteiger partial charge in [0.05, 0.1) is 0 Å². The fourth-order valence-electron chi connectivity index (χ4n) is 0. The molecule has 0 heterocycles. The Balaban J connectivity index is -0.0000000147. The van der Waals surface area contributed by atoms with Crippen molar-refractivity contribution in [1.82, 2.24) is 0 Å². The fourth-order valence-corrected chi connectivity index (χ4v) is 0. The van der Waals surface area contributed by atoms with Gasteiger partial charge in [-0.2, -0.15) is 0 Å². The first-order chi connectivity index (χ1) is 3.41. The normalized spacial score (nSPS) is 3.25. The molecule has 0 unspecified atom stereocenters. The molecule has 0 aliphatic heterocycles. The minimum Gasteiger partial charge on any atom is 2.00 e. The quantitative estimate of drug-likeness (QED) is 0.496. The van der Waals surface area contributed by atoms with Crippen molar-refractivity contribution in [3.63, 3.8) is 0 Å². The van der Waals surface area contributed by atoms with E-state index in [-0.39, 0.29) is 20.4 Å². The first kappa shape index (κ1) is 24.2. The van der Waals surface area contributed by atoms with Crippen molar-refractivity contribution >= 4 is 0 Å². The van der Waals surface area contributed by atoms with Gasteiger partial charge in [0.2, 0.25) is 0 Å². The smallest absolute Gasteiger partial charge is 2.00 e. The molecule has 0 aromatic rings. The molecule has 0 aromatic carbocycles. The molecule has 2 nitrogen and oxygen atoms in total. The summed E-state index contributed by atoms with van der Waals surface area (Å²) in [6.07, 6.45) is 0. The predicted molar refractivity (Wildman–Crippen MR) is 12.2 cm³/mol. The average Bonchev–Trinajstić information content (AvgIpc) is 1.78. The molecule has 0 atom stereocenters. The Labute approximate surface area is 69.5 Å². The predicted octanol–water partition coefficient (Wildman–Crippen LogP) is 1.03. The summed E-state index contributed by atoms with van der Waals surface area (Å²) in [4.78, 5) is 0. The number of hydrogen-bond donors (Lipinski definition) is 0. The van der Waals surface area contributed by atoms with Crippen LogP contribution >= 0.6 is 0 Å². The fraction of sp³-hybridized carbons (Fsp3) is 0. The molecule has 0 saturated carbocycles. The zero-order chi connectivity index (χ0) is 6.71. The van der Waals surface area contributed by atoms with Crippen molar-refractivity contribution in [3.05, 3.63) is 13.1 Å². The van der Waals surface area contributed by atoms with Crippen molar-refractivity contribution in [1.29, 1.82) is 10.5 Å². The second-order valence-corrected chi connectivity index (χ2v) is 0.267. The molecular weight excluding hydrogens is 303 g/mol. The van der Waals surface area contributed by atoms with Crippen LogP contribution < -0.4 is 0 Å². The van der Waals surface area contributed by atoms with Gasteiger partial charge >= 0.3 is 45.9 Å². The van der Waals surface area contributed by atoms with Crippen LogP contribution in [0.25, 0.3) is 0 Å². The van der Waals surface area contributed by atoms with Crippen molar-refractivity contribution in [2.24, 2.45) is 0 Å². The zero-order valence-electron chi connectivity index (χ0n) is 3.28. The molecule has 8 heavy (non-hydrogen) atoms. The average molecular weight is 303 g/mol. The topological polar surface area (TPSA) is 47.6 Å². The van der Waals surface area contributed by atoms with E-state index in [1.54, 1.807) is 0 Å². The molecule has 0 N–H and O–H groups in total. The second kappa shape index (κ2) is 201. The summed E-state index contributed by atoms with van der Waals surface area (Å²) >= 11 is -2.05. The van der Waals surface area contributed by atoms with E-state index in [1.807, 2.05) is 0 Å². The minimum absolute atomic E-state index is 0. The van der Waals surface area contributed by atoms with Crippen molar-refractivity contribution in [2.45, 2.75) is 0 Å². The van der Waals surface area contributed by atoms with Crippen LogP contribution in [0.3, 0.4) is 0 Å². The van der Waals surface area contributed by atoms with Crippen LogP contribution in [0.15, 0.2) is 0 Å². The van der Waals surface area contributed by atoms with Crippen LogP contribution in [0.1, 0.15) is 0 Å². The molecule has 0 rings (SSSR count). The van der Waals surface area contributed by atoms with Gasteiger partial charge in [0.25, 0.3) is 0 Å². The molecule has 0 aliphatic carbocycles. The van der Waals surface area contributed by atoms with Crippen LogP contribution in [-0.2, 0) is 39.4 Å². The number of rotatable bonds is 0. The second-order valence-electron chi connectivity index (χ2n) is 0.0452. The van der Waals surface area contributed by atoms with Crippen LogP contribution in [-0.4, -0.2) is 0 Å². The molecule has 0 aromatic heterocycles. The number of nitrogens with zero attached hydrogens (tertiary/aromatic N) is 2. The Morgan fingerprint density at radius 2 is 1.00 bits per heavy atom. The molecule has 52 valence electrons. The molecule has 0 spiro atoms. The van der Waals surface area contributed by atoms with Gasteiger partial charge in [0, 0.05) is 0 Å². The first-order valence-electron chi connectivity index (χ1n) is 0.686. The summed E-state index contributed by atoms with van der Waals surface area (Å²) in [5.41, 5.74) is 0. The monoisotopic (exact) mass is 302 g/mol. The Bertz CT molecular complexity index is 39.8. The van der Waals surface area contributed by atoms with E-state index >= 15 is 0 Å². The van der Waals surface area contributed by atoms with E-state index in [2.05, 4.69) is 0 Å². The van der Waals surface area contributed by atoms with Crippen molar-refractivity contribution in [2.75, 3.05) is 0 Å². The van der Waals surface area contributed by atoms with E-state index in [1.165, 1.54) is 0 Å². The van der Waals surface area contributed by atoms with Crippen LogP contribution in [0.5, 0.6) is 0 Å². The van der Waals surface area contributed by atoms with Gasteiger partial charge in [-0.3, -0.25) is 0 Å². The van der Waals surface area contributed by atoms with Gasteiger partial charge in [0.1, 0.15) is 0 Å². The maximum Gasteiger partial charge on any atom is 2.00 e. The summed E-state index contributed by atoms with van der Waals surface area (Å²) in [6.45, 7) is 9.50. The molecular formula is C2F2N2Pd2. The third-order valence-electron chi connectivity index (χ3n) is 0. The summed E-state index contributed by atoms with van der Waals surface area (Å²) in [7, 11) is 0. The largest absolute Gasteiger partial charge is 2.00 e. The van der Waals surface area contributed by atoms with Crippen LogP contribution in [0, 0.1) is 23.7 Å². The van der Waals surface area contributed by atoms with E-state index in [0.29, 0.717) is 0 Å². The maximum absolute atomic E-state index is 9.68. The summed E-state index contributed by atoms with van der Waals surface area (Å²) < 4.78 is 19.4. The van der Waals surface area contributed by atoms with Gasteiger partial charge in [-0.1, -0.05) is 0 Å². The molecule has 0 amide bonds. The number of hydrogen-bond acceptors (Lipinski definition) is 2. The zero-order valence-corrected chi connectivity index (χ0v) is 6.39. The van der Waals surface area contributed by atoms with Crippen molar-refractivity contribution in [3.8, 4) is 0 Å². The van der Waals surface area contributed by atoms with Gasteiger partial charge in [0.15, 0.2) is 0 Å². The Hall–Kier alpha value is 0.165. The summed E-state index contributed by atoms with van der Waals surface area (Å²) in [6, 6.07) is 0. The molecule has 0 saturated heterocycles. The van der Waals surface area contributed by atoms with E-state index < -0.39 is 19.0 Å². The molecule has 0 radical (unpaired) electrons. The third kappa shape index (κ3) is 6060. The standard InChI is InChI=1S/2CN.2FH.2Pd/c2*1-2;;;;/h;;2*1H;;/q2*-1;;;2*+2/p-2. The molecule has 6 heteroatoms. The Kier molecular flexibility index (Phi) is 606. The van der Waals surface area contributed by atoms with Crippen LogP contribution in [0.4, 0.5) is 6.45 Å². The van der Waals surface area contributed by atoms with E-state index in [4.69, 9.17) is 23.7 Å². The molecule has 0 fully saturated rings. The summed E-state index contributed by atoms with van der Waals surface area (Å²) in [5, 5.41) is 12.5. The molecule has 0 aliphatic rings. The number of halogens is 2. The minimum atomic E-state index is -2.05. The third-order valence-corrected chi connectivity index (χ3v) is 0. The van der Waals surface area contributed by atoms with Gasteiger partial charge in [-0.05, 0) is 0 Å². The Morgan fingerprint density at radius 3 is 1.00 bits per heavy atom. The Morgan fingerprint density at radius 1 is 1.00 bits per heavy atom. The van der Waals surface area contributed by atoms with Gasteiger partial charge < -0.3 is 23.7 Å². The SMILES string of the molecule is [C-]#N.[C-]#N.[F][Pd][F].[Pd+2]. The van der Waals surface area contributed by atoms with E-state index in [0.717, 1.165) is 0 Å². The first-order valence-corrected chi connectivity index (χ1v) is 1.86. The van der Waals surface area contributed by atoms with Crippen LogP contribution in [0.2, 0.25) is 0 Å². The van der Waals surface area contributed by atoms with E-state index in [9.17, 15) is 6.45 Å². The van der Waals surface area contributed by atoms with Gasteiger partial charge in [-0.25, -0.2) is 0 Å². The maximum atomic E-state index is 9.68. The molecule has 0 bridgehead atoms.